The van der Waals surface area contributed by atoms with Crippen LogP contribution in [0.15, 0.2) is 48.5 Å². The minimum Gasteiger partial charge on any atom is -0.392 e. The van der Waals surface area contributed by atoms with Gasteiger partial charge in [-0.25, -0.2) is 0 Å². The van der Waals surface area contributed by atoms with Gasteiger partial charge in [-0.2, -0.15) is 0 Å². The third kappa shape index (κ3) is 1.92. The largest absolute Gasteiger partial charge is 0.392 e. The maximum absolute atomic E-state index is 9.27. The Morgan fingerprint density at radius 1 is 0.867 bits per heavy atom. The van der Waals surface area contributed by atoms with Crippen molar-refractivity contribution in [2.45, 2.75) is 13.5 Å². The second-order valence-corrected chi connectivity index (χ2v) is 3.63. The van der Waals surface area contributed by atoms with Gasteiger partial charge < -0.3 is 5.11 Å². The number of aliphatic hydroxyl groups is 1. The smallest absolute Gasteiger partial charge is 0.0687 e. The summed E-state index contributed by atoms with van der Waals surface area (Å²) in [5.74, 6) is 0. The van der Waals surface area contributed by atoms with Crippen LogP contribution in [0.25, 0.3) is 11.1 Å². The first-order valence-electron chi connectivity index (χ1n) is 5.07. The molecule has 0 amide bonds. The zero-order chi connectivity index (χ0) is 10.7. The number of rotatable bonds is 2. The summed E-state index contributed by atoms with van der Waals surface area (Å²) in [4.78, 5) is 0. The Morgan fingerprint density at radius 3 is 2.13 bits per heavy atom. The van der Waals surface area contributed by atoms with E-state index in [1.54, 1.807) is 0 Å². The molecule has 76 valence electrons. The molecule has 0 radical (unpaired) electrons. The minimum absolute atomic E-state index is 0.0878. The Kier molecular flexibility index (Phi) is 2.84. The van der Waals surface area contributed by atoms with E-state index >= 15 is 0 Å². The molecule has 1 heteroatoms. The fourth-order valence-corrected chi connectivity index (χ4v) is 1.80. The van der Waals surface area contributed by atoms with Gasteiger partial charge in [0.15, 0.2) is 0 Å². The molecule has 0 aromatic heterocycles. The molecule has 0 spiro atoms. The lowest BCUT2D eigenvalue weighted by Gasteiger charge is -2.09. The lowest BCUT2D eigenvalue weighted by Crippen LogP contribution is -1.90. The van der Waals surface area contributed by atoms with Crippen LogP contribution in [0.1, 0.15) is 11.1 Å². The molecule has 2 rings (SSSR count). The summed E-state index contributed by atoms with van der Waals surface area (Å²) >= 11 is 0. The van der Waals surface area contributed by atoms with Crippen LogP contribution in [0.2, 0.25) is 0 Å². The molecule has 0 fully saturated rings. The number of hydrogen-bond acceptors (Lipinski definition) is 1. The molecule has 0 saturated carbocycles. The van der Waals surface area contributed by atoms with Gasteiger partial charge in [-0.15, -0.1) is 0 Å². The predicted octanol–water partition coefficient (Wildman–Crippen LogP) is 3.15. The Hall–Kier alpha value is -1.60. The summed E-state index contributed by atoms with van der Waals surface area (Å²) < 4.78 is 0. The molecule has 0 bridgehead atoms. The molecule has 0 unspecified atom stereocenters. The fraction of sp³-hybridized carbons (Fsp3) is 0.143. The SMILES string of the molecule is Cc1ccccc1-c1ccccc1CO. The molecule has 0 saturated heterocycles. The summed E-state index contributed by atoms with van der Waals surface area (Å²) in [6.07, 6.45) is 0. The van der Waals surface area contributed by atoms with E-state index in [0.29, 0.717) is 0 Å². The van der Waals surface area contributed by atoms with E-state index in [-0.39, 0.29) is 6.61 Å². The molecule has 0 aliphatic heterocycles. The van der Waals surface area contributed by atoms with Gasteiger partial charge in [-0.1, -0.05) is 48.5 Å². The minimum atomic E-state index is 0.0878. The van der Waals surface area contributed by atoms with Crippen LogP contribution in [0.4, 0.5) is 0 Å². The van der Waals surface area contributed by atoms with E-state index in [9.17, 15) is 5.11 Å². The van der Waals surface area contributed by atoms with Crippen molar-refractivity contribution in [3.63, 3.8) is 0 Å². The first-order chi connectivity index (χ1) is 7.33. The molecular weight excluding hydrogens is 184 g/mol. The number of benzene rings is 2. The first-order valence-corrected chi connectivity index (χ1v) is 5.07. The molecule has 0 atom stereocenters. The lowest BCUT2D eigenvalue weighted by molar-refractivity contribution is 0.282. The highest BCUT2D eigenvalue weighted by Crippen LogP contribution is 2.26. The van der Waals surface area contributed by atoms with Crippen molar-refractivity contribution >= 4 is 0 Å². The van der Waals surface area contributed by atoms with Crippen LogP contribution in [0.3, 0.4) is 0 Å². The molecule has 1 N–H and O–H groups in total. The molecule has 2 aromatic rings. The highest BCUT2D eigenvalue weighted by atomic mass is 16.3. The zero-order valence-corrected chi connectivity index (χ0v) is 8.77. The Morgan fingerprint density at radius 2 is 1.47 bits per heavy atom. The molecule has 1 nitrogen and oxygen atoms in total. The van der Waals surface area contributed by atoms with Gasteiger partial charge in [0.2, 0.25) is 0 Å². The average molecular weight is 198 g/mol. The molecule has 15 heavy (non-hydrogen) atoms. The van der Waals surface area contributed by atoms with Crippen LogP contribution < -0.4 is 0 Å². The first kappa shape index (κ1) is 9.94. The van der Waals surface area contributed by atoms with Gasteiger partial charge in [0, 0.05) is 0 Å². The van der Waals surface area contributed by atoms with Crippen molar-refractivity contribution in [2.24, 2.45) is 0 Å². The number of hydrogen-bond donors (Lipinski definition) is 1. The van der Waals surface area contributed by atoms with Gasteiger partial charge in [0.25, 0.3) is 0 Å². The monoisotopic (exact) mass is 198 g/mol. The summed E-state index contributed by atoms with van der Waals surface area (Å²) in [7, 11) is 0. The second kappa shape index (κ2) is 4.28. The van der Waals surface area contributed by atoms with Crippen molar-refractivity contribution in [3.8, 4) is 11.1 Å². The summed E-state index contributed by atoms with van der Waals surface area (Å²) in [6, 6.07) is 16.2. The fourth-order valence-electron chi connectivity index (χ4n) is 1.80. The standard InChI is InChI=1S/C14H14O/c1-11-6-2-4-8-13(11)14-9-5-3-7-12(14)10-15/h2-9,15H,10H2,1H3. The number of aliphatic hydroxyl groups excluding tert-OH is 1. The topological polar surface area (TPSA) is 20.2 Å². The predicted molar refractivity (Wildman–Crippen MR) is 62.5 cm³/mol. The summed E-state index contributed by atoms with van der Waals surface area (Å²) in [6.45, 7) is 2.17. The number of aryl methyl sites for hydroxylation is 1. The van der Waals surface area contributed by atoms with Crippen LogP contribution in [-0.2, 0) is 6.61 Å². The molecule has 2 aromatic carbocycles. The van der Waals surface area contributed by atoms with E-state index in [0.717, 1.165) is 11.1 Å². The van der Waals surface area contributed by atoms with Crippen molar-refractivity contribution in [2.75, 3.05) is 0 Å². The highest BCUT2D eigenvalue weighted by molar-refractivity contribution is 5.70. The van der Waals surface area contributed by atoms with Gasteiger partial charge in [0.1, 0.15) is 0 Å². The Balaban J connectivity index is 2.59. The van der Waals surface area contributed by atoms with Crippen molar-refractivity contribution in [1.82, 2.24) is 0 Å². The van der Waals surface area contributed by atoms with Crippen molar-refractivity contribution in [1.29, 1.82) is 0 Å². The maximum Gasteiger partial charge on any atom is 0.0687 e. The van der Waals surface area contributed by atoms with Crippen LogP contribution in [0, 0.1) is 6.92 Å². The highest BCUT2D eigenvalue weighted by Gasteiger charge is 2.04. The third-order valence-corrected chi connectivity index (χ3v) is 2.62. The normalized spacial score (nSPS) is 10.3. The summed E-state index contributed by atoms with van der Waals surface area (Å²) in [5, 5.41) is 9.27. The van der Waals surface area contributed by atoms with Crippen LogP contribution in [-0.4, -0.2) is 5.11 Å². The Labute approximate surface area is 90.0 Å². The van der Waals surface area contributed by atoms with Gasteiger partial charge in [0.05, 0.1) is 6.61 Å². The zero-order valence-electron chi connectivity index (χ0n) is 8.77. The second-order valence-electron chi connectivity index (χ2n) is 3.63. The Bertz CT molecular complexity index is 460. The van der Waals surface area contributed by atoms with E-state index in [1.807, 2.05) is 36.4 Å². The average Bonchev–Trinajstić information content (AvgIpc) is 2.30. The van der Waals surface area contributed by atoms with Gasteiger partial charge in [-0.3, -0.25) is 0 Å². The molecule has 0 heterocycles. The van der Waals surface area contributed by atoms with Crippen LogP contribution >= 0.6 is 0 Å². The molecular formula is C14H14O. The third-order valence-electron chi connectivity index (χ3n) is 2.62. The molecule has 0 aliphatic carbocycles. The van der Waals surface area contributed by atoms with Gasteiger partial charge in [-0.05, 0) is 29.2 Å². The summed E-state index contributed by atoms with van der Waals surface area (Å²) in [5.41, 5.74) is 4.53. The van der Waals surface area contributed by atoms with E-state index in [4.69, 9.17) is 0 Å². The van der Waals surface area contributed by atoms with Crippen molar-refractivity contribution in [3.05, 3.63) is 59.7 Å². The van der Waals surface area contributed by atoms with E-state index < -0.39 is 0 Å². The van der Waals surface area contributed by atoms with E-state index in [1.165, 1.54) is 11.1 Å². The molecule has 0 aliphatic rings. The van der Waals surface area contributed by atoms with Crippen molar-refractivity contribution < 1.29 is 5.11 Å². The van der Waals surface area contributed by atoms with E-state index in [2.05, 4.69) is 19.1 Å². The lowest BCUT2D eigenvalue weighted by atomic mass is 9.96. The van der Waals surface area contributed by atoms with Gasteiger partial charge >= 0.3 is 0 Å². The maximum atomic E-state index is 9.27. The quantitative estimate of drug-likeness (QED) is 0.786. The van der Waals surface area contributed by atoms with Crippen LogP contribution in [0.5, 0.6) is 0 Å².